The molecule has 4 heteroatoms. The topological polar surface area (TPSA) is 26.3 Å². The smallest absolute Gasteiger partial charge is 0.338 e. The van der Waals surface area contributed by atoms with E-state index in [2.05, 4.69) is 38.4 Å². The van der Waals surface area contributed by atoms with Gasteiger partial charge in [0.05, 0.1) is 8.96 Å². The molecule has 0 radical (unpaired) electrons. The number of halogens is 2. The van der Waals surface area contributed by atoms with Crippen molar-refractivity contribution in [2.24, 2.45) is 0 Å². The SMILES string of the molecule is C=CC[C@@H](C=C(Br)Br)OC(=O)c1ccccc1. The third kappa shape index (κ3) is 5.33. The lowest BCUT2D eigenvalue weighted by Crippen LogP contribution is -2.15. The summed E-state index contributed by atoms with van der Waals surface area (Å²) in [6, 6.07) is 8.90. The van der Waals surface area contributed by atoms with Crippen molar-refractivity contribution in [3.05, 3.63) is 58.0 Å². The van der Waals surface area contributed by atoms with Crippen molar-refractivity contribution in [2.45, 2.75) is 12.5 Å². The number of carbonyl (C=O) groups is 1. The van der Waals surface area contributed by atoms with Crippen LogP contribution in [0.3, 0.4) is 0 Å². The lowest BCUT2D eigenvalue weighted by atomic mass is 10.2. The van der Waals surface area contributed by atoms with Gasteiger partial charge in [0, 0.05) is 6.42 Å². The summed E-state index contributed by atoms with van der Waals surface area (Å²) in [5.74, 6) is -0.338. The van der Waals surface area contributed by atoms with Gasteiger partial charge in [0.15, 0.2) is 0 Å². The Labute approximate surface area is 118 Å². The van der Waals surface area contributed by atoms with Gasteiger partial charge in [0.25, 0.3) is 0 Å². The van der Waals surface area contributed by atoms with E-state index < -0.39 is 0 Å². The van der Waals surface area contributed by atoms with Gasteiger partial charge < -0.3 is 4.74 Å². The minimum Gasteiger partial charge on any atom is -0.454 e. The lowest BCUT2D eigenvalue weighted by molar-refractivity contribution is 0.0400. The third-order valence-corrected chi connectivity index (χ3v) is 2.51. The second-order valence-corrected chi connectivity index (χ2v) is 6.06. The van der Waals surface area contributed by atoms with E-state index >= 15 is 0 Å². The first-order valence-corrected chi connectivity index (χ1v) is 6.62. The zero-order valence-corrected chi connectivity index (χ0v) is 12.3. The minimum absolute atomic E-state index is 0.325. The molecular weight excluding hydrogens is 348 g/mol. The van der Waals surface area contributed by atoms with Crippen LogP contribution < -0.4 is 0 Å². The molecule has 1 aromatic rings. The highest BCUT2D eigenvalue weighted by molar-refractivity contribution is 9.28. The van der Waals surface area contributed by atoms with Crippen molar-refractivity contribution >= 4 is 37.8 Å². The number of carbonyl (C=O) groups excluding carboxylic acids is 1. The predicted molar refractivity (Wildman–Crippen MR) is 76.4 cm³/mol. The van der Waals surface area contributed by atoms with Gasteiger partial charge in [-0.1, -0.05) is 24.3 Å². The molecule has 1 atom stereocenters. The van der Waals surface area contributed by atoms with E-state index in [0.29, 0.717) is 12.0 Å². The van der Waals surface area contributed by atoms with Crippen LogP contribution in [0.1, 0.15) is 16.8 Å². The molecule has 0 saturated heterocycles. The van der Waals surface area contributed by atoms with Crippen LogP contribution in [0.4, 0.5) is 0 Å². The summed E-state index contributed by atoms with van der Waals surface area (Å²) in [5, 5.41) is 0. The summed E-state index contributed by atoms with van der Waals surface area (Å²) < 4.78 is 6.09. The number of rotatable bonds is 5. The van der Waals surface area contributed by atoms with Crippen molar-refractivity contribution < 1.29 is 9.53 Å². The molecule has 0 aromatic heterocycles. The second kappa shape index (κ2) is 7.45. The molecule has 0 aliphatic rings. The van der Waals surface area contributed by atoms with Crippen LogP contribution in [0, 0.1) is 0 Å². The molecule has 0 heterocycles. The molecule has 0 aliphatic carbocycles. The van der Waals surface area contributed by atoms with Crippen LogP contribution in [-0.2, 0) is 4.74 Å². The van der Waals surface area contributed by atoms with Gasteiger partial charge >= 0.3 is 5.97 Å². The maximum atomic E-state index is 11.8. The number of hydrogen-bond acceptors (Lipinski definition) is 2. The van der Waals surface area contributed by atoms with Crippen LogP contribution in [0.2, 0.25) is 0 Å². The summed E-state index contributed by atoms with van der Waals surface area (Å²) in [7, 11) is 0. The van der Waals surface area contributed by atoms with E-state index in [4.69, 9.17) is 4.74 Å². The summed E-state index contributed by atoms with van der Waals surface area (Å²) in [5.41, 5.74) is 0.542. The Balaban J connectivity index is 2.71. The highest BCUT2D eigenvalue weighted by Crippen LogP contribution is 2.17. The van der Waals surface area contributed by atoms with Crippen molar-refractivity contribution in [3.8, 4) is 0 Å². The predicted octanol–water partition coefficient (Wildman–Crippen LogP) is 4.42. The molecule has 1 rings (SSSR count). The molecule has 0 aliphatic heterocycles. The van der Waals surface area contributed by atoms with Crippen LogP contribution in [0.15, 0.2) is 52.5 Å². The molecule has 0 saturated carbocycles. The summed E-state index contributed by atoms with van der Waals surface area (Å²) >= 11 is 6.49. The third-order valence-electron chi connectivity index (χ3n) is 1.98. The van der Waals surface area contributed by atoms with E-state index in [1.54, 1.807) is 36.4 Å². The van der Waals surface area contributed by atoms with Crippen molar-refractivity contribution in [1.29, 1.82) is 0 Å². The van der Waals surface area contributed by atoms with Crippen LogP contribution in [0.5, 0.6) is 0 Å². The minimum atomic E-state index is -0.338. The van der Waals surface area contributed by atoms with Gasteiger partial charge in [-0.3, -0.25) is 0 Å². The second-order valence-electron chi connectivity index (χ2n) is 3.29. The first-order valence-electron chi connectivity index (χ1n) is 5.03. The van der Waals surface area contributed by atoms with Crippen molar-refractivity contribution in [1.82, 2.24) is 0 Å². The molecule has 1 aromatic carbocycles. The molecule has 0 fully saturated rings. The molecular formula is C13H12Br2O2. The molecule has 0 unspecified atom stereocenters. The van der Waals surface area contributed by atoms with Crippen LogP contribution >= 0.6 is 31.9 Å². The number of ether oxygens (including phenoxy) is 1. The molecule has 0 amide bonds. The fourth-order valence-electron chi connectivity index (χ4n) is 1.23. The maximum absolute atomic E-state index is 11.8. The zero-order valence-electron chi connectivity index (χ0n) is 9.11. The molecule has 0 bridgehead atoms. The largest absolute Gasteiger partial charge is 0.454 e. The van der Waals surface area contributed by atoms with Gasteiger partial charge in [-0.05, 0) is 50.1 Å². The van der Waals surface area contributed by atoms with E-state index in [-0.39, 0.29) is 12.1 Å². The van der Waals surface area contributed by atoms with Crippen LogP contribution in [0.25, 0.3) is 0 Å². The Morgan fingerprint density at radius 2 is 2.00 bits per heavy atom. The fourth-order valence-corrected chi connectivity index (χ4v) is 1.82. The molecule has 17 heavy (non-hydrogen) atoms. The Morgan fingerprint density at radius 3 is 2.53 bits per heavy atom. The first kappa shape index (κ1) is 14.2. The van der Waals surface area contributed by atoms with Gasteiger partial charge in [-0.15, -0.1) is 6.58 Å². The molecule has 0 spiro atoms. The van der Waals surface area contributed by atoms with Gasteiger partial charge in [0.1, 0.15) is 6.10 Å². The van der Waals surface area contributed by atoms with E-state index in [1.807, 2.05) is 6.07 Å². The molecule has 2 nitrogen and oxygen atoms in total. The fraction of sp³-hybridized carbons (Fsp3) is 0.154. The quantitative estimate of drug-likeness (QED) is 0.574. The zero-order chi connectivity index (χ0) is 12.7. The summed E-state index contributed by atoms with van der Waals surface area (Å²) in [6.45, 7) is 3.64. The van der Waals surface area contributed by atoms with Gasteiger partial charge in [-0.25, -0.2) is 4.79 Å². The monoisotopic (exact) mass is 358 g/mol. The number of esters is 1. The van der Waals surface area contributed by atoms with Crippen LogP contribution in [-0.4, -0.2) is 12.1 Å². The van der Waals surface area contributed by atoms with Gasteiger partial charge in [0.2, 0.25) is 0 Å². The number of hydrogen-bond donors (Lipinski definition) is 0. The molecule has 90 valence electrons. The average molecular weight is 360 g/mol. The maximum Gasteiger partial charge on any atom is 0.338 e. The normalized spacial score (nSPS) is 11.4. The Bertz CT molecular complexity index is 409. The standard InChI is InChI=1S/C13H12Br2O2/c1-2-6-11(9-12(14)15)17-13(16)10-7-4-3-5-8-10/h2-5,7-9,11H,1,6H2/t11-/m0/s1. The average Bonchev–Trinajstić information content (AvgIpc) is 2.29. The Morgan fingerprint density at radius 1 is 1.35 bits per heavy atom. The first-order chi connectivity index (χ1) is 8.13. The lowest BCUT2D eigenvalue weighted by Gasteiger charge is -2.12. The van der Waals surface area contributed by atoms with E-state index in [0.717, 1.165) is 3.39 Å². The Kier molecular flexibility index (Phi) is 6.22. The van der Waals surface area contributed by atoms with E-state index in [9.17, 15) is 4.79 Å². The number of benzene rings is 1. The Hall–Kier alpha value is -0.870. The molecule has 0 N–H and O–H groups in total. The van der Waals surface area contributed by atoms with Crippen molar-refractivity contribution in [3.63, 3.8) is 0 Å². The summed E-state index contributed by atoms with van der Waals surface area (Å²) in [4.78, 5) is 11.8. The highest BCUT2D eigenvalue weighted by atomic mass is 79.9. The summed E-state index contributed by atoms with van der Waals surface area (Å²) in [6.07, 6.45) is 3.72. The van der Waals surface area contributed by atoms with Gasteiger partial charge in [-0.2, -0.15) is 0 Å². The van der Waals surface area contributed by atoms with E-state index in [1.165, 1.54) is 0 Å². The highest BCUT2D eigenvalue weighted by Gasteiger charge is 2.12. The van der Waals surface area contributed by atoms with Crippen molar-refractivity contribution in [2.75, 3.05) is 0 Å².